The first-order valence-electron chi connectivity index (χ1n) is 7.63. The first-order valence-corrected chi connectivity index (χ1v) is 7.63. The summed E-state index contributed by atoms with van der Waals surface area (Å²) in [4.78, 5) is 36.8. The molecule has 2 N–H and O–H groups in total. The Labute approximate surface area is 133 Å². The molecule has 0 saturated heterocycles. The minimum Gasteiger partial charge on any atom is -0.480 e. The summed E-state index contributed by atoms with van der Waals surface area (Å²) in [6.45, 7) is 2.77. The fourth-order valence-electron chi connectivity index (χ4n) is 2.94. The smallest absolute Gasteiger partial charge is 0.326 e. The molecule has 0 saturated carbocycles. The maximum absolute atomic E-state index is 12.5. The minimum absolute atomic E-state index is 0.173. The molecule has 1 amide bonds. The molecule has 0 aromatic carbocycles. The highest BCUT2D eigenvalue weighted by atomic mass is 16.4. The molecule has 3 rings (SSSR count). The van der Waals surface area contributed by atoms with Crippen LogP contribution in [-0.4, -0.2) is 47.4 Å². The highest BCUT2D eigenvalue weighted by Gasteiger charge is 2.35. The van der Waals surface area contributed by atoms with Crippen LogP contribution in [-0.2, 0) is 35.5 Å². The molecule has 1 aliphatic heterocycles. The van der Waals surface area contributed by atoms with Crippen LogP contribution in [0.1, 0.15) is 30.6 Å². The molecular formula is C15H19N5O3. The van der Waals surface area contributed by atoms with E-state index in [-0.39, 0.29) is 25.3 Å². The van der Waals surface area contributed by atoms with Gasteiger partial charge in [-0.05, 0) is 0 Å². The Morgan fingerprint density at radius 3 is 3.00 bits per heavy atom. The van der Waals surface area contributed by atoms with Gasteiger partial charge in [0.05, 0.1) is 24.3 Å². The van der Waals surface area contributed by atoms with Crippen molar-refractivity contribution in [3.05, 3.63) is 35.9 Å². The highest BCUT2D eigenvalue weighted by Crippen LogP contribution is 2.21. The zero-order chi connectivity index (χ0) is 16.4. The van der Waals surface area contributed by atoms with Gasteiger partial charge in [0.15, 0.2) is 0 Å². The van der Waals surface area contributed by atoms with Gasteiger partial charge in [-0.2, -0.15) is 0 Å². The SMILES string of the molecule is CCc1nccn1CCC(=O)N1Cc2[nH]cnc2C[C@@H]1C(=O)O. The quantitative estimate of drug-likeness (QED) is 0.840. The number of nitrogens with one attached hydrogen (secondary N) is 1. The predicted molar refractivity (Wildman–Crippen MR) is 80.5 cm³/mol. The van der Waals surface area contributed by atoms with Gasteiger partial charge in [0.25, 0.3) is 0 Å². The van der Waals surface area contributed by atoms with Crippen molar-refractivity contribution in [1.82, 2.24) is 24.4 Å². The van der Waals surface area contributed by atoms with E-state index in [1.807, 2.05) is 17.7 Å². The van der Waals surface area contributed by atoms with Crippen LogP contribution in [0.3, 0.4) is 0 Å². The van der Waals surface area contributed by atoms with E-state index in [0.717, 1.165) is 23.6 Å². The lowest BCUT2D eigenvalue weighted by molar-refractivity contribution is -0.151. The van der Waals surface area contributed by atoms with Crippen molar-refractivity contribution in [3.8, 4) is 0 Å². The number of aliphatic carboxylic acids is 1. The van der Waals surface area contributed by atoms with Crippen molar-refractivity contribution >= 4 is 11.9 Å². The second kappa shape index (κ2) is 6.23. The predicted octanol–water partition coefficient (Wildman–Crippen LogP) is 0.597. The van der Waals surface area contributed by atoms with Gasteiger partial charge in [0.2, 0.25) is 5.91 Å². The Hall–Kier alpha value is -2.64. The van der Waals surface area contributed by atoms with Gasteiger partial charge in [0.1, 0.15) is 11.9 Å². The van der Waals surface area contributed by atoms with Gasteiger partial charge in [-0.25, -0.2) is 14.8 Å². The lowest BCUT2D eigenvalue weighted by Gasteiger charge is -2.32. The molecule has 122 valence electrons. The van der Waals surface area contributed by atoms with Crippen molar-refractivity contribution in [2.45, 2.75) is 45.3 Å². The van der Waals surface area contributed by atoms with Gasteiger partial charge in [0, 0.05) is 38.2 Å². The summed E-state index contributed by atoms with van der Waals surface area (Å²) >= 11 is 0. The zero-order valence-electron chi connectivity index (χ0n) is 12.9. The number of hydrogen-bond donors (Lipinski definition) is 2. The fourth-order valence-corrected chi connectivity index (χ4v) is 2.94. The van der Waals surface area contributed by atoms with Gasteiger partial charge in [-0.15, -0.1) is 0 Å². The molecule has 1 atom stereocenters. The average molecular weight is 317 g/mol. The number of hydrogen-bond acceptors (Lipinski definition) is 4. The fraction of sp³-hybridized carbons (Fsp3) is 0.467. The van der Waals surface area contributed by atoms with E-state index in [1.165, 1.54) is 11.2 Å². The Morgan fingerprint density at radius 1 is 1.43 bits per heavy atom. The van der Waals surface area contributed by atoms with Crippen LogP contribution in [0.25, 0.3) is 0 Å². The number of aryl methyl sites for hydroxylation is 2. The number of nitrogens with zero attached hydrogens (tertiary/aromatic N) is 4. The van der Waals surface area contributed by atoms with Crippen molar-refractivity contribution in [2.24, 2.45) is 0 Å². The lowest BCUT2D eigenvalue weighted by atomic mass is 10.0. The molecule has 0 radical (unpaired) electrons. The second-order valence-corrected chi connectivity index (χ2v) is 5.55. The molecule has 1 aliphatic rings. The third-order valence-corrected chi connectivity index (χ3v) is 4.19. The Balaban J connectivity index is 1.71. The van der Waals surface area contributed by atoms with Crippen LogP contribution in [0.15, 0.2) is 18.7 Å². The van der Waals surface area contributed by atoms with Gasteiger partial charge in [-0.1, -0.05) is 6.92 Å². The van der Waals surface area contributed by atoms with E-state index in [0.29, 0.717) is 6.54 Å². The standard InChI is InChI=1S/C15H19N5O3/c1-2-13-16-4-6-19(13)5-3-14(21)20-8-11-10(17-9-18-11)7-12(20)15(22)23/h4,6,9,12H,2-3,5,7-8H2,1H3,(H,17,18)(H,22,23)/t12-/m1/s1. The van der Waals surface area contributed by atoms with E-state index in [9.17, 15) is 14.7 Å². The maximum atomic E-state index is 12.5. The number of H-pyrrole nitrogens is 1. The highest BCUT2D eigenvalue weighted by molar-refractivity contribution is 5.84. The Morgan fingerprint density at radius 2 is 2.26 bits per heavy atom. The Kier molecular flexibility index (Phi) is 4.14. The number of fused-ring (bicyclic) bond motifs is 1. The zero-order valence-corrected chi connectivity index (χ0v) is 12.9. The molecule has 0 spiro atoms. The van der Waals surface area contributed by atoms with E-state index >= 15 is 0 Å². The van der Waals surface area contributed by atoms with E-state index in [1.54, 1.807) is 6.20 Å². The summed E-state index contributed by atoms with van der Waals surface area (Å²) in [6.07, 6.45) is 6.36. The lowest BCUT2D eigenvalue weighted by Crippen LogP contribution is -2.48. The molecule has 0 aliphatic carbocycles. The molecule has 0 bridgehead atoms. The molecule has 0 fully saturated rings. The summed E-state index contributed by atoms with van der Waals surface area (Å²) in [6, 6.07) is -0.855. The van der Waals surface area contributed by atoms with Crippen LogP contribution in [0, 0.1) is 0 Å². The van der Waals surface area contributed by atoms with E-state index < -0.39 is 12.0 Å². The molecule has 3 heterocycles. The van der Waals surface area contributed by atoms with Gasteiger partial charge >= 0.3 is 5.97 Å². The van der Waals surface area contributed by atoms with Crippen LogP contribution in [0.2, 0.25) is 0 Å². The topological polar surface area (TPSA) is 104 Å². The molecule has 0 unspecified atom stereocenters. The van der Waals surface area contributed by atoms with E-state index in [4.69, 9.17) is 0 Å². The van der Waals surface area contributed by atoms with Crippen LogP contribution < -0.4 is 0 Å². The normalized spacial score (nSPS) is 17.1. The van der Waals surface area contributed by atoms with Gasteiger partial charge < -0.3 is 19.6 Å². The molecule has 8 nitrogen and oxygen atoms in total. The second-order valence-electron chi connectivity index (χ2n) is 5.55. The van der Waals surface area contributed by atoms with Crippen LogP contribution in [0.4, 0.5) is 0 Å². The van der Waals surface area contributed by atoms with Crippen molar-refractivity contribution in [2.75, 3.05) is 0 Å². The van der Waals surface area contributed by atoms with Gasteiger partial charge in [-0.3, -0.25) is 4.79 Å². The largest absolute Gasteiger partial charge is 0.480 e. The molecule has 23 heavy (non-hydrogen) atoms. The number of carbonyl (C=O) groups excluding carboxylic acids is 1. The average Bonchev–Trinajstić information content (AvgIpc) is 3.19. The minimum atomic E-state index is -0.996. The Bertz CT molecular complexity index is 720. The number of carboxylic acid groups (broad SMARTS) is 1. The number of carboxylic acids is 1. The molecule has 2 aromatic heterocycles. The summed E-state index contributed by atoms with van der Waals surface area (Å²) in [5.41, 5.74) is 1.54. The third kappa shape index (κ3) is 2.96. The van der Waals surface area contributed by atoms with Crippen molar-refractivity contribution in [3.63, 3.8) is 0 Å². The van der Waals surface area contributed by atoms with Crippen molar-refractivity contribution < 1.29 is 14.7 Å². The summed E-state index contributed by atoms with van der Waals surface area (Å²) in [5.74, 6) is -0.251. The third-order valence-electron chi connectivity index (χ3n) is 4.19. The summed E-state index contributed by atoms with van der Waals surface area (Å²) in [7, 11) is 0. The van der Waals surface area contributed by atoms with E-state index in [2.05, 4.69) is 15.0 Å². The molecule has 8 heteroatoms. The maximum Gasteiger partial charge on any atom is 0.326 e. The number of aromatic amines is 1. The number of imidazole rings is 2. The number of carbonyl (C=O) groups is 2. The first-order chi connectivity index (χ1) is 11.1. The summed E-state index contributed by atoms with van der Waals surface area (Å²) in [5, 5.41) is 9.41. The number of rotatable bonds is 5. The number of aromatic nitrogens is 4. The van der Waals surface area contributed by atoms with Crippen LogP contribution in [0.5, 0.6) is 0 Å². The first kappa shape index (κ1) is 15.3. The monoisotopic (exact) mass is 317 g/mol. The summed E-state index contributed by atoms with van der Waals surface area (Å²) < 4.78 is 1.93. The van der Waals surface area contributed by atoms with Crippen molar-refractivity contribution in [1.29, 1.82) is 0 Å². The molecular weight excluding hydrogens is 298 g/mol. The number of amides is 1. The molecule has 2 aromatic rings. The van der Waals surface area contributed by atoms with Crippen LogP contribution >= 0.6 is 0 Å².